The van der Waals surface area contributed by atoms with Crippen molar-refractivity contribution in [3.8, 4) is 5.75 Å². The van der Waals surface area contributed by atoms with E-state index in [9.17, 15) is 5.11 Å². The van der Waals surface area contributed by atoms with E-state index < -0.39 is 0 Å². The first-order valence-corrected chi connectivity index (χ1v) is 9.37. The van der Waals surface area contributed by atoms with Gasteiger partial charge in [-0.2, -0.15) is 0 Å². The van der Waals surface area contributed by atoms with Gasteiger partial charge in [0, 0.05) is 18.6 Å². The van der Waals surface area contributed by atoms with Gasteiger partial charge in [-0.25, -0.2) is 0 Å². The van der Waals surface area contributed by atoms with Crippen LogP contribution in [0.1, 0.15) is 37.4 Å². The summed E-state index contributed by atoms with van der Waals surface area (Å²) in [6.07, 6.45) is 2.10. The summed E-state index contributed by atoms with van der Waals surface area (Å²) in [5.74, 6) is 1.56. The lowest BCUT2D eigenvalue weighted by Gasteiger charge is -2.44. The summed E-state index contributed by atoms with van der Waals surface area (Å²) >= 11 is 0. The highest BCUT2D eigenvalue weighted by Crippen LogP contribution is 2.39. The fourth-order valence-electron chi connectivity index (χ4n) is 4.13. The van der Waals surface area contributed by atoms with Crippen LogP contribution in [-0.2, 0) is 6.42 Å². The van der Waals surface area contributed by atoms with Crippen LogP contribution in [0.3, 0.4) is 0 Å². The minimum absolute atomic E-state index is 0.114. The van der Waals surface area contributed by atoms with E-state index in [1.807, 2.05) is 18.2 Å². The summed E-state index contributed by atoms with van der Waals surface area (Å²) in [5.41, 5.74) is 8.99. The fraction of sp³-hybridized carbons (Fsp3) is 0.455. The van der Waals surface area contributed by atoms with Crippen molar-refractivity contribution in [2.45, 2.75) is 38.8 Å². The van der Waals surface area contributed by atoms with Gasteiger partial charge in [0.2, 0.25) is 0 Å². The summed E-state index contributed by atoms with van der Waals surface area (Å²) in [6.45, 7) is 6.61. The topological polar surface area (TPSA) is 49.5 Å². The Hall–Kier alpha value is -1.84. The van der Waals surface area contributed by atoms with E-state index in [0.717, 1.165) is 19.5 Å². The molecular weight excluding hydrogens is 308 g/mol. The van der Waals surface area contributed by atoms with Gasteiger partial charge in [0.1, 0.15) is 5.75 Å². The zero-order valence-electron chi connectivity index (χ0n) is 15.3. The van der Waals surface area contributed by atoms with Gasteiger partial charge in [-0.05, 0) is 54.5 Å². The molecular formula is C22H30N2O. The van der Waals surface area contributed by atoms with E-state index in [4.69, 9.17) is 5.73 Å². The van der Waals surface area contributed by atoms with Crippen LogP contribution in [-0.4, -0.2) is 29.1 Å². The molecule has 3 nitrogen and oxygen atoms in total. The number of aromatic hydroxyl groups is 1. The number of phenolic OH excluding ortho intramolecular Hbond substituents is 1. The van der Waals surface area contributed by atoms with E-state index in [1.54, 1.807) is 6.07 Å². The molecule has 134 valence electrons. The van der Waals surface area contributed by atoms with Crippen molar-refractivity contribution < 1.29 is 5.11 Å². The molecule has 1 saturated heterocycles. The number of nitrogens with zero attached hydrogens (tertiary/aromatic N) is 1. The molecule has 0 aliphatic carbocycles. The second-order valence-electron chi connectivity index (χ2n) is 7.61. The highest BCUT2D eigenvalue weighted by atomic mass is 16.3. The highest BCUT2D eigenvalue weighted by Gasteiger charge is 2.34. The maximum absolute atomic E-state index is 9.92. The predicted octanol–water partition coefficient (Wildman–Crippen LogP) is 3.98. The largest absolute Gasteiger partial charge is 0.508 e. The minimum atomic E-state index is 0.114. The maximum atomic E-state index is 9.92. The van der Waals surface area contributed by atoms with Crippen molar-refractivity contribution in [3.63, 3.8) is 0 Å². The van der Waals surface area contributed by atoms with Gasteiger partial charge < -0.3 is 10.8 Å². The molecule has 25 heavy (non-hydrogen) atoms. The van der Waals surface area contributed by atoms with Gasteiger partial charge >= 0.3 is 0 Å². The average Bonchev–Trinajstić information content (AvgIpc) is 2.59. The summed E-state index contributed by atoms with van der Waals surface area (Å²) in [7, 11) is 0. The highest BCUT2D eigenvalue weighted by molar-refractivity contribution is 5.30. The van der Waals surface area contributed by atoms with Gasteiger partial charge in [0.15, 0.2) is 0 Å². The number of piperidine rings is 1. The van der Waals surface area contributed by atoms with Crippen LogP contribution in [0.5, 0.6) is 5.75 Å². The second kappa shape index (κ2) is 8.03. The van der Waals surface area contributed by atoms with E-state index in [0.29, 0.717) is 23.6 Å². The first-order chi connectivity index (χ1) is 12.0. The standard InChI is InChI=1S/C22H30N2O/c1-16-11-12-24(15-20(23)13-18-7-4-3-5-8-18)22(17(16)2)19-9-6-10-21(25)14-19/h3-10,14,16-17,20,22,25H,11-13,15,23H2,1-2H3. The zero-order valence-corrected chi connectivity index (χ0v) is 15.3. The quantitative estimate of drug-likeness (QED) is 0.867. The molecule has 0 bridgehead atoms. The molecule has 3 N–H and O–H groups in total. The second-order valence-corrected chi connectivity index (χ2v) is 7.61. The van der Waals surface area contributed by atoms with E-state index in [1.165, 1.54) is 17.5 Å². The Morgan fingerprint density at radius 3 is 2.60 bits per heavy atom. The summed E-state index contributed by atoms with van der Waals surface area (Å²) in [5, 5.41) is 9.92. The molecule has 0 amide bonds. The summed E-state index contributed by atoms with van der Waals surface area (Å²) < 4.78 is 0. The average molecular weight is 338 g/mol. The molecule has 3 rings (SSSR count). The number of nitrogens with two attached hydrogens (primary N) is 1. The third kappa shape index (κ3) is 4.42. The molecule has 0 radical (unpaired) electrons. The van der Waals surface area contributed by atoms with Gasteiger partial charge in [-0.3, -0.25) is 4.90 Å². The summed E-state index contributed by atoms with van der Waals surface area (Å²) in [6, 6.07) is 18.6. The van der Waals surface area contributed by atoms with Crippen molar-refractivity contribution in [2.24, 2.45) is 17.6 Å². The van der Waals surface area contributed by atoms with Crippen LogP contribution in [0.4, 0.5) is 0 Å². The maximum Gasteiger partial charge on any atom is 0.115 e. The Kier molecular flexibility index (Phi) is 5.77. The first-order valence-electron chi connectivity index (χ1n) is 9.37. The Labute approximate surface area is 151 Å². The van der Waals surface area contributed by atoms with Gasteiger partial charge in [-0.1, -0.05) is 56.3 Å². The fourth-order valence-corrected chi connectivity index (χ4v) is 4.13. The lowest BCUT2D eigenvalue weighted by atomic mass is 9.78. The third-order valence-corrected chi connectivity index (χ3v) is 5.68. The van der Waals surface area contributed by atoms with Crippen LogP contribution in [0, 0.1) is 11.8 Å². The molecule has 2 aromatic rings. The van der Waals surface area contributed by atoms with Crippen LogP contribution >= 0.6 is 0 Å². The molecule has 3 heteroatoms. The number of benzene rings is 2. The Bertz CT molecular complexity index is 673. The summed E-state index contributed by atoms with van der Waals surface area (Å²) in [4.78, 5) is 2.52. The number of hydrogen-bond donors (Lipinski definition) is 2. The molecule has 2 aromatic carbocycles. The van der Waals surface area contributed by atoms with Gasteiger partial charge in [0.25, 0.3) is 0 Å². The molecule has 0 spiro atoms. The monoisotopic (exact) mass is 338 g/mol. The third-order valence-electron chi connectivity index (χ3n) is 5.68. The molecule has 4 atom stereocenters. The van der Waals surface area contributed by atoms with Crippen LogP contribution in [0.25, 0.3) is 0 Å². The Morgan fingerprint density at radius 1 is 1.12 bits per heavy atom. The molecule has 1 fully saturated rings. The zero-order chi connectivity index (χ0) is 17.8. The van der Waals surface area contributed by atoms with E-state index in [-0.39, 0.29) is 6.04 Å². The number of phenols is 1. The molecule has 1 heterocycles. The van der Waals surface area contributed by atoms with Crippen molar-refractivity contribution in [1.82, 2.24) is 4.90 Å². The van der Waals surface area contributed by atoms with Crippen molar-refractivity contribution in [2.75, 3.05) is 13.1 Å². The Morgan fingerprint density at radius 2 is 1.88 bits per heavy atom. The van der Waals surface area contributed by atoms with Crippen LogP contribution in [0.15, 0.2) is 54.6 Å². The van der Waals surface area contributed by atoms with Crippen molar-refractivity contribution in [1.29, 1.82) is 0 Å². The Balaban J connectivity index is 1.75. The van der Waals surface area contributed by atoms with E-state index >= 15 is 0 Å². The first kappa shape index (κ1) is 18.0. The minimum Gasteiger partial charge on any atom is -0.508 e. The van der Waals surface area contributed by atoms with Crippen LogP contribution in [0.2, 0.25) is 0 Å². The number of rotatable bonds is 5. The van der Waals surface area contributed by atoms with Crippen molar-refractivity contribution >= 4 is 0 Å². The normalized spacial score (nSPS) is 25.6. The SMILES string of the molecule is CC1CCN(CC(N)Cc2ccccc2)C(c2cccc(O)c2)C1C. The smallest absolute Gasteiger partial charge is 0.115 e. The molecule has 0 saturated carbocycles. The predicted molar refractivity (Wildman–Crippen MR) is 103 cm³/mol. The molecule has 4 unspecified atom stereocenters. The lowest BCUT2D eigenvalue weighted by Crippen LogP contribution is -2.47. The van der Waals surface area contributed by atoms with Gasteiger partial charge in [-0.15, -0.1) is 0 Å². The number of likely N-dealkylation sites (tertiary alicyclic amines) is 1. The lowest BCUT2D eigenvalue weighted by molar-refractivity contribution is 0.0582. The molecule has 0 aromatic heterocycles. The van der Waals surface area contributed by atoms with Crippen LogP contribution < -0.4 is 5.73 Å². The number of hydrogen-bond acceptors (Lipinski definition) is 3. The molecule has 1 aliphatic rings. The molecule has 1 aliphatic heterocycles. The van der Waals surface area contributed by atoms with Crippen molar-refractivity contribution in [3.05, 3.63) is 65.7 Å². The van der Waals surface area contributed by atoms with Gasteiger partial charge in [0.05, 0.1) is 0 Å². The van der Waals surface area contributed by atoms with E-state index in [2.05, 4.69) is 49.1 Å².